The van der Waals surface area contributed by atoms with Crippen LogP contribution in [0.15, 0.2) is 79.3 Å². The molecule has 0 spiro atoms. The van der Waals surface area contributed by atoms with Gasteiger partial charge in [0, 0.05) is 41.1 Å². The van der Waals surface area contributed by atoms with Gasteiger partial charge in [0.2, 0.25) is 5.95 Å². The summed E-state index contributed by atoms with van der Waals surface area (Å²) in [5, 5.41) is 5.82. The molecule has 2 aromatic carbocycles. The minimum Gasteiger partial charge on any atom is -0.324 e. The Hall–Kier alpha value is -3.91. The van der Waals surface area contributed by atoms with E-state index >= 15 is 0 Å². The molecule has 4 rings (SSSR count). The molecule has 4 N–H and O–H groups in total. The van der Waals surface area contributed by atoms with Crippen LogP contribution in [0.4, 0.5) is 17.3 Å². The van der Waals surface area contributed by atoms with Crippen LogP contribution >= 0.6 is 7.60 Å². The van der Waals surface area contributed by atoms with E-state index in [0.29, 0.717) is 17.3 Å². The van der Waals surface area contributed by atoms with Gasteiger partial charge in [-0.25, -0.2) is 9.97 Å². The van der Waals surface area contributed by atoms with Crippen molar-refractivity contribution < 1.29 is 19.1 Å². The molecule has 0 aliphatic rings. The predicted octanol–water partition coefficient (Wildman–Crippen LogP) is 3.65. The van der Waals surface area contributed by atoms with Gasteiger partial charge < -0.3 is 20.4 Å². The van der Waals surface area contributed by atoms with Crippen LogP contribution in [0.2, 0.25) is 0 Å². The second kappa shape index (κ2) is 9.30. The summed E-state index contributed by atoms with van der Waals surface area (Å²) in [6.45, 7) is 1.92. The average Bonchev–Trinajstić information content (AvgIpc) is 2.81. The zero-order chi connectivity index (χ0) is 23.4. The lowest BCUT2D eigenvalue weighted by atomic mass is 10.1. The van der Waals surface area contributed by atoms with E-state index in [1.54, 1.807) is 36.8 Å². The highest BCUT2D eigenvalue weighted by atomic mass is 31.2. The Kier molecular flexibility index (Phi) is 6.28. The second-order valence-electron chi connectivity index (χ2n) is 7.21. The summed E-state index contributed by atoms with van der Waals surface area (Å²) in [5.41, 5.74) is 4.04. The molecule has 0 aliphatic carbocycles. The Morgan fingerprint density at radius 1 is 1.00 bits per heavy atom. The van der Waals surface area contributed by atoms with E-state index in [0.717, 1.165) is 16.8 Å². The molecule has 0 saturated carbocycles. The molecular formula is C23H20N5O4P. The van der Waals surface area contributed by atoms with Crippen LogP contribution in [0.5, 0.6) is 0 Å². The van der Waals surface area contributed by atoms with Crippen molar-refractivity contribution >= 4 is 36.1 Å². The number of aryl methyl sites for hydroxylation is 1. The number of nitrogens with one attached hydrogen (secondary N) is 2. The van der Waals surface area contributed by atoms with Gasteiger partial charge in [-0.2, -0.15) is 0 Å². The third kappa shape index (κ3) is 5.48. The standard InChI is InChI=1S/C23H20N5O4P/c1-15-4-7-18(26-22(29)16-5-8-19(9-6-16)33(30,31)32)13-21(15)28-23-25-12-10-20(27-23)17-3-2-11-24-14-17/h2-14H,1H3,(H,26,29)(H,25,27,28)(H2,30,31,32). The third-order valence-corrected chi connectivity index (χ3v) is 5.79. The molecule has 0 radical (unpaired) electrons. The number of anilines is 3. The van der Waals surface area contributed by atoms with Crippen molar-refractivity contribution in [3.63, 3.8) is 0 Å². The molecular weight excluding hydrogens is 441 g/mol. The topological polar surface area (TPSA) is 137 Å². The van der Waals surface area contributed by atoms with Gasteiger partial charge in [0.15, 0.2) is 0 Å². The Balaban J connectivity index is 1.51. The maximum atomic E-state index is 12.6. The van der Waals surface area contributed by atoms with Crippen molar-refractivity contribution in [2.24, 2.45) is 0 Å². The summed E-state index contributed by atoms with van der Waals surface area (Å²) < 4.78 is 11.3. The van der Waals surface area contributed by atoms with Gasteiger partial charge in [0.1, 0.15) is 0 Å². The lowest BCUT2D eigenvalue weighted by molar-refractivity contribution is 0.102. The zero-order valence-corrected chi connectivity index (χ0v) is 18.4. The quantitative estimate of drug-likeness (QED) is 0.319. The van der Waals surface area contributed by atoms with Gasteiger partial charge in [-0.05, 0) is 67.1 Å². The molecule has 0 saturated heterocycles. The molecule has 10 heteroatoms. The maximum Gasteiger partial charge on any atom is 0.356 e. The highest BCUT2D eigenvalue weighted by Crippen LogP contribution is 2.33. The first-order chi connectivity index (χ1) is 15.8. The van der Waals surface area contributed by atoms with Gasteiger partial charge in [-0.3, -0.25) is 14.3 Å². The van der Waals surface area contributed by atoms with Gasteiger partial charge in [0.05, 0.1) is 11.0 Å². The van der Waals surface area contributed by atoms with Crippen LogP contribution in [-0.4, -0.2) is 30.6 Å². The van der Waals surface area contributed by atoms with Crippen LogP contribution < -0.4 is 15.9 Å². The molecule has 0 fully saturated rings. The van der Waals surface area contributed by atoms with E-state index in [1.807, 2.05) is 25.1 Å². The molecule has 0 bridgehead atoms. The third-order valence-electron chi connectivity index (χ3n) is 4.82. The van der Waals surface area contributed by atoms with E-state index in [4.69, 9.17) is 0 Å². The van der Waals surface area contributed by atoms with Gasteiger partial charge in [-0.15, -0.1) is 0 Å². The number of aromatic nitrogens is 3. The largest absolute Gasteiger partial charge is 0.356 e. The lowest BCUT2D eigenvalue weighted by Gasteiger charge is -2.12. The Morgan fingerprint density at radius 3 is 2.48 bits per heavy atom. The number of nitrogens with zero attached hydrogens (tertiary/aromatic N) is 3. The van der Waals surface area contributed by atoms with Crippen molar-refractivity contribution in [3.8, 4) is 11.3 Å². The summed E-state index contributed by atoms with van der Waals surface area (Å²) in [7, 11) is -4.36. The molecule has 2 aromatic heterocycles. The Labute approximate surface area is 189 Å². The summed E-state index contributed by atoms with van der Waals surface area (Å²) >= 11 is 0. The number of hydrogen-bond donors (Lipinski definition) is 4. The Bertz CT molecular complexity index is 1340. The maximum absolute atomic E-state index is 12.6. The number of carbonyl (C=O) groups excluding carboxylic acids is 1. The van der Waals surface area contributed by atoms with E-state index in [-0.39, 0.29) is 10.9 Å². The molecule has 9 nitrogen and oxygen atoms in total. The Morgan fingerprint density at radius 2 is 1.79 bits per heavy atom. The summed E-state index contributed by atoms with van der Waals surface area (Å²) in [5.74, 6) is -0.00663. The van der Waals surface area contributed by atoms with Crippen molar-refractivity contribution in [1.29, 1.82) is 0 Å². The zero-order valence-electron chi connectivity index (χ0n) is 17.5. The highest BCUT2D eigenvalue weighted by molar-refractivity contribution is 7.60. The second-order valence-corrected chi connectivity index (χ2v) is 8.81. The van der Waals surface area contributed by atoms with E-state index in [2.05, 4.69) is 25.6 Å². The first-order valence-electron chi connectivity index (χ1n) is 9.88. The van der Waals surface area contributed by atoms with Gasteiger partial charge >= 0.3 is 7.60 Å². The van der Waals surface area contributed by atoms with Crippen molar-refractivity contribution in [1.82, 2.24) is 15.0 Å². The van der Waals surface area contributed by atoms with Crippen LogP contribution in [0.1, 0.15) is 15.9 Å². The van der Waals surface area contributed by atoms with E-state index in [9.17, 15) is 19.1 Å². The molecule has 2 heterocycles. The molecule has 0 atom stereocenters. The molecule has 0 unspecified atom stereocenters. The molecule has 166 valence electrons. The predicted molar refractivity (Wildman–Crippen MR) is 126 cm³/mol. The van der Waals surface area contributed by atoms with Crippen LogP contribution in [-0.2, 0) is 4.57 Å². The van der Waals surface area contributed by atoms with E-state index in [1.165, 1.54) is 24.3 Å². The molecule has 4 aromatic rings. The number of pyridine rings is 1. The molecule has 0 aliphatic heterocycles. The van der Waals surface area contributed by atoms with Crippen molar-refractivity contribution in [2.75, 3.05) is 10.6 Å². The fourth-order valence-corrected chi connectivity index (χ4v) is 3.60. The summed E-state index contributed by atoms with van der Waals surface area (Å²) in [6.07, 6.45) is 5.07. The van der Waals surface area contributed by atoms with Crippen molar-refractivity contribution in [3.05, 3.63) is 90.4 Å². The monoisotopic (exact) mass is 461 g/mol. The van der Waals surface area contributed by atoms with E-state index < -0.39 is 13.5 Å². The minimum absolute atomic E-state index is 0.144. The molecule has 1 amide bonds. The van der Waals surface area contributed by atoms with Crippen LogP contribution in [0, 0.1) is 6.92 Å². The highest BCUT2D eigenvalue weighted by Gasteiger charge is 2.17. The van der Waals surface area contributed by atoms with Crippen LogP contribution in [0.3, 0.4) is 0 Å². The first kappa shape index (κ1) is 22.3. The number of carbonyl (C=O) groups is 1. The van der Waals surface area contributed by atoms with Gasteiger partial charge in [-0.1, -0.05) is 6.07 Å². The lowest BCUT2D eigenvalue weighted by Crippen LogP contribution is -2.13. The summed E-state index contributed by atoms with van der Waals surface area (Å²) in [4.78, 5) is 43.9. The minimum atomic E-state index is -4.36. The smallest absolute Gasteiger partial charge is 0.324 e. The SMILES string of the molecule is Cc1ccc(NC(=O)c2ccc(P(=O)(O)O)cc2)cc1Nc1nccc(-c2cccnc2)n1. The van der Waals surface area contributed by atoms with Crippen molar-refractivity contribution in [2.45, 2.75) is 6.92 Å². The average molecular weight is 461 g/mol. The number of amides is 1. The van der Waals surface area contributed by atoms with Crippen LogP contribution in [0.25, 0.3) is 11.3 Å². The fourth-order valence-electron chi connectivity index (χ4n) is 3.06. The normalized spacial score (nSPS) is 11.1. The fraction of sp³-hybridized carbons (Fsp3) is 0.0435. The number of rotatable bonds is 6. The number of benzene rings is 2. The van der Waals surface area contributed by atoms with Gasteiger partial charge in [0.25, 0.3) is 5.91 Å². The first-order valence-corrected chi connectivity index (χ1v) is 11.5. The molecule has 33 heavy (non-hydrogen) atoms. The number of hydrogen-bond acceptors (Lipinski definition) is 6. The summed E-state index contributed by atoms with van der Waals surface area (Å²) in [6, 6.07) is 16.1.